The lowest BCUT2D eigenvalue weighted by Gasteiger charge is -2.40. The van der Waals surface area contributed by atoms with Crippen LogP contribution in [0.3, 0.4) is 0 Å². The smallest absolute Gasteiger partial charge is 0.311 e. The fourth-order valence-corrected chi connectivity index (χ4v) is 8.20. The van der Waals surface area contributed by atoms with Crippen LogP contribution in [0.5, 0.6) is 0 Å². The largest absolute Gasteiger partial charge is 0.465 e. The highest BCUT2D eigenvalue weighted by Crippen LogP contribution is 2.61. The third kappa shape index (κ3) is 3.98. The van der Waals surface area contributed by atoms with Crippen molar-refractivity contribution in [2.45, 2.75) is 55.3 Å². The van der Waals surface area contributed by atoms with E-state index in [9.17, 15) is 19.5 Å². The SMILES string of the molecule is CC[C@H](C)[C@H](CO)N1C(=O)[C@@H]2[C@@H]3C(=O)OCCC=C[C@@H]3S[C@@]23C=CCN(Cc2ccccc2)C(=O)C13. The first-order valence-corrected chi connectivity index (χ1v) is 13.8. The number of carbonyl (C=O) groups excluding carboxylic acids is 3. The molecule has 7 atom stereocenters. The topological polar surface area (TPSA) is 87.2 Å². The molecule has 0 saturated carbocycles. The first-order valence-electron chi connectivity index (χ1n) is 12.9. The summed E-state index contributed by atoms with van der Waals surface area (Å²) in [6.45, 7) is 4.91. The normalized spacial score (nSPS) is 33.2. The zero-order valence-corrected chi connectivity index (χ0v) is 21.6. The highest BCUT2D eigenvalue weighted by Gasteiger charge is 2.71. The van der Waals surface area contributed by atoms with Gasteiger partial charge in [0.05, 0.1) is 35.8 Å². The van der Waals surface area contributed by atoms with Gasteiger partial charge >= 0.3 is 5.97 Å². The van der Waals surface area contributed by atoms with Gasteiger partial charge in [0.15, 0.2) is 0 Å². The number of likely N-dealkylation sites (tertiary alicyclic amines) is 1. The number of aliphatic hydroxyl groups excluding tert-OH is 1. The number of nitrogens with zero attached hydrogens (tertiary/aromatic N) is 2. The molecule has 0 radical (unpaired) electrons. The molecule has 4 aliphatic heterocycles. The molecule has 192 valence electrons. The number of rotatable bonds is 6. The van der Waals surface area contributed by atoms with Gasteiger partial charge in [0.2, 0.25) is 11.8 Å². The van der Waals surface area contributed by atoms with Crippen LogP contribution >= 0.6 is 11.8 Å². The van der Waals surface area contributed by atoms with Crippen molar-refractivity contribution in [3.8, 4) is 0 Å². The van der Waals surface area contributed by atoms with Gasteiger partial charge in [0.25, 0.3) is 0 Å². The van der Waals surface area contributed by atoms with Crippen LogP contribution in [0.2, 0.25) is 0 Å². The number of cyclic esters (lactones) is 1. The van der Waals surface area contributed by atoms with Crippen molar-refractivity contribution < 1.29 is 24.2 Å². The first kappa shape index (κ1) is 25.1. The first-order chi connectivity index (χ1) is 17.4. The fraction of sp³-hybridized carbons (Fsp3) is 0.536. The molecule has 1 aromatic rings. The summed E-state index contributed by atoms with van der Waals surface area (Å²) in [5.74, 6) is -2.14. The Morgan fingerprint density at radius 1 is 1.17 bits per heavy atom. The fourth-order valence-electron chi connectivity index (χ4n) is 6.21. The number of carbonyl (C=O) groups is 3. The number of amides is 2. The van der Waals surface area contributed by atoms with Gasteiger partial charge < -0.3 is 19.6 Å². The molecular formula is C28H34N2O5S. The molecule has 4 heterocycles. The number of thioether (sulfide) groups is 1. The van der Waals surface area contributed by atoms with E-state index >= 15 is 0 Å². The summed E-state index contributed by atoms with van der Waals surface area (Å²) < 4.78 is 4.64. The van der Waals surface area contributed by atoms with E-state index in [0.29, 0.717) is 19.5 Å². The average molecular weight is 511 g/mol. The van der Waals surface area contributed by atoms with Crippen LogP contribution in [0.25, 0.3) is 0 Å². The maximum absolute atomic E-state index is 14.3. The van der Waals surface area contributed by atoms with Crippen molar-refractivity contribution in [2.24, 2.45) is 17.8 Å². The van der Waals surface area contributed by atoms with Gasteiger partial charge in [-0.2, -0.15) is 0 Å². The molecule has 5 rings (SSSR count). The average Bonchev–Trinajstić information content (AvgIpc) is 3.26. The molecule has 0 aliphatic carbocycles. The van der Waals surface area contributed by atoms with E-state index in [1.54, 1.807) is 9.80 Å². The van der Waals surface area contributed by atoms with Crippen molar-refractivity contribution in [3.63, 3.8) is 0 Å². The standard InChI is InChI=1S/C28H34N2O5S/c1-3-18(2)20(17-31)30-24-26(33)29(16-19-10-5-4-6-11-19)14-9-13-28(24)23(25(30)32)22-21(36-28)12-7-8-15-35-27(22)34/h4-7,9-13,18,20-24,31H,3,8,14-17H2,1-2H3/t18-,20-,21-,22+,23-,24?,28-/m0/s1. The minimum absolute atomic E-state index is 0.0117. The molecule has 1 spiro atoms. The molecule has 0 aromatic heterocycles. The monoisotopic (exact) mass is 510 g/mol. The Labute approximate surface area is 216 Å². The van der Waals surface area contributed by atoms with Crippen molar-refractivity contribution in [1.82, 2.24) is 9.80 Å². The molecular weight excluding hydrogens is 476 g/mol. The Morgan fingerprint density at radius 2 is 1.94 bits per heavy atom. The number of hydrogen-bond donors (Lipinski definition) is 1. The molecule has 1 aromatic carbocycles. The summed E-state index contributed by atoms with van der Waals surface area (Å²) in [5, 5.41) is 10.2. The lowest BCUT2D eigenvalue weighted by atomic mass is 9.78. The second kappa shape index (κ2) is 10.1. The van der Waals surface area contributed by atoms with E-state index in [0.717, 1.165) is 12.0 Å². The van der Waals surface area contributed by atoms with Gasteiger partial charge in [0, 0.05) is 18.3 Å². The van der Waals surface area contributed by atoms with Crippen molar-refractivity contribution in [3.05, 3.63) is 60.2 Å². The molecule has 1 N–H and O–H groups in total. The highest BCUT2D eigenvalue weighted by molar-refractivity contribution is 8.02. The predicted molar refractivity (Wildman–Crippen MR) is 138 cm³/mol. The van der Waals surface area contributed by atoms with E-state index < -0.39 is 28.7 Å². The second-order valence-corrected chi connectivity index (χ2v) is 11.7. The van der Waals surface area contributed by atoms with Crippen molar-refractivity contribution in [2.75, 3.05) is 19.8 Å². The van der Waals surface area contributed by atoms with Crippen LogP contribution in [0, 0.1) is 17.8 Å². The van der Waals surface area contributed by atoms with Crippen LogP contribution < -0.4 is 0 Å². The van der Waals surface area contributed by atoms with E-state index in [1.807, 2.05) is 68.5 Å². The Kier molecular flexibility index (Phi) is 7.01. The minimum Gasteiger partial charge on any atom is -0.465 e. The number of ether oxygens (including phenoxy) is 1. The van der Waals surface area contributed by atoms with Crippen molar-refractivity contribution in [1.29, 1.82) is 0 Å². The van der Waals surface area contributed by atoms with E-state index in [4.69, 9.17) is 4.74 Å². The van der Waals surface area contributed by atoms with Crippen LogP contribution in [-0.2, 0) is 25.7 Å². The number of hydrogen-bond acceptors (Lipinski definition) is 6. The summed E-state index contributed by atoms with van der Waals surface area (Å²) in [4.78, 5) is 45.2. The van der Waals surface area contributed by atoms with E-state index in [1.165, 1.54) is 11.8 Å². The molecule has 8 heteroatoms. The van der Waals surface area contributed by atoms with E-state index in [-0.39, 0.29) is 42.2 Å². The predicted octanol–water partition coefficient (Wildman–Crippen LogP) is 2.79. The van der Waals surface area contributed by atoms with Gasteiger partial charge in [-0.25, -0.2) is 0 Å². The summed E-state index contributed by atoms with van der Waals surface area (Å²) in [7, 11) is 0. The molecule has 0 bridgehead atoms. The van der Waals surface area contributed by atoms with Gasteiger partial charge in [-0.1, -0.05) is 74.9 Å². The van der Waals surface area contributed by atoms with Crippen LogP contribution in [-0.4, -0.2) is 74.5 Å². The summed E-state index contributed by atoms with van der Waals surface area (Å²) in [5.41, 5.74) is 1.01. The third-order valence-corrected chi connectivity index (χ3v) is 9.95. The van der Waals surface area contributed by atoms with Gasteiger partial charge in [-0.15, -0.1) is 11.8 Å². The summed E-state index contributed by atoms with van der Waals surface area (Å²) in [6, 6.07) is 8.49. The lowest BCUT2D eigenvalue weighted by molar-refractivity contribution is -0.154. The quantitative estimate of drug-likeness (QED) is 0.468. The minimum atomic E-state index is -0.899. The molecule has 4 aliphatic rings. The second-order valence-electron chi connectivity index (χ2n) is 10.2. The molecule has 2 saturated heterocycles. The summed E-state index contributed by atoms with van der Waals surface area (Å²) >= 11 is 1.54. The van der Waals surface area contributed by atoms with Gasteiger partial charge in [-0.3, -0.25) is 14.4 Å². The number of fused-ring (bicyclic) bond motifs is 2. The molecule has 2 fully saturated rings. The van der Waals surface area contributed by atoms with Gasteiger partial charge in [0.1, 0.15) is 6.04 Å². The van der Waals surface area contributed by atoms with E-state index in [2.05, 4.69) is 0 Å². The third-order valence-electron chi connectivity index (χ3n) is 8.20. The number of benzene rings is 1. The molecule has 1 unspecified atom stereocenters. The van der Waals surface area contributed by atoms with Crippen LogP contribution in [0.1, 0.15) is 32.3 Å². The number of aliphatic hydroxyl groups is 1. The van der Waals surface area contributed by atoms with Crippen LogP contribution in [0.15, 0.2) is 54.6 Å². The van der Waals surface area contributed by atoms with Crippen molar-refractivity contribution >= 4 is 29.5 Å². The molecule has 7 nitrogen and oxygen atoms in total. The maximum Gasteiger partial charge on any atom is 0.311 e. The molecule has 2 amide bonds. The number of esters is 1. The maximum atomic E-state index is 14.3. The molecule has 36 heavy (non-hydrogen) atoms. The van der Waals surface area contributed by atoms with Gasteiger partial charge in [-0.05, 0) is 17.9 Å². The highest BCUT2D eigenvalue weighted by atomic mass is 32.2. The Morgan fingerprint density at radius 3 is 2.67 bits per heavy atom. The Bertz CT molecular complexity index is 1070. The zero-order valence-electron chi connectivity index (χ0n) is 20.8. The lowest BCUT2D eigenvalue weighted by Crippen LogP contribution is -2.57. The zero-order chi connectivity index (χ0) is 25.4. The van der Waals surface area contributed by atoms with Crippen LogP contribution in [0.4, 0.5) is 0 Å². The Hall–Kier alpha value is -2.58. The summed E-state index contributed by atoms with van der Waals surface area (Å²) in [6.07, 6.45) is 9.39. The Balaban J connectivity index is 1.61.